The largest absolute Gasteiger partial charge is 0.478 e. The molecule has 5 nitrogen and oxygen atoms in total. The number of aryl methyl sites for hydroxylation is 1. The summed E-state index contributed by atoms with van der Waals surface area (Å²) in [5.41, 5.74) is 1.07. The third-order valence-electron chi connectivity index (χ3n) is 3.57. The Labute approximate surface area is 113 Å². The van der Waals surface area contributed by atoms with Crippen molar-refractivity contribution in [2.24, 2.45) is 5.92 Å². The van der Waals surface area contributed by atoms with Crippen molar-refractivity contribution >= 4 is 11.8 Å². The molecule has 0 spiro atoms. The first-order valence-corrected chi connectivity index (χ1v) is 6.70. The molecule has 1 aliphatic rings. The van der Waals surface area contributed by atoms with Crippen LogP contribution in [0.1, 0.15) is 36.3 Å². The van der Waals surface area contributed by atoms with Gasteiger partial charge >= 0.3 is 5.97 Å². The molecule has 0 saturated carbocycles. The molecule has 2 heterocycles. The number of rotatable bonds is 5. The molecular weight excluding hydrogens is 244 g/mol. The van der Waals surface area contributed by atoms with Gasteiger partial charge in [0.05, 0.1) is 11.7 Å². The Kier molecular flexibility index (Phi) is 4.37. The second kappa shape index (κ2) is 6.02. The van der Waals surface area contributed by atoms with Crippen molar-refractivity contribution in [3.05, 3.63) is 23.4 Å². The first-order valence-electron chi connectivity index (χ1n) is 6.70. The van der Waals surface area contributed by atoms with Crippen molar-refractivity contribution in [2.45, 2.75) is 32.8 Å². The highest BCUT2D eigenvalue weighted by atomic mass is 16.5. The van der Waals surface area contributed by atoms with Crippen molar-refractivity contribution in [2.75, 3.05) is 18.5 Å². The Bertz CT molecular complexity index is 462. The van der Waals surface area contributed by atoms with Gasteiger partial charge in [-0.2, -0.15) is 0 Å². The Morgan fingerprint density at radius 2 is 2.37 bits per heavy atom. The molecule has 0 aliphatic carbocycles. The maximum atomic E-state index is 11.1. The summed E-state index contributed by atoms with van der Waals surface area (Å²) in [6, 6.07) is 3.21. The lowest BCUT2D eigenvalue weighted by Crippen LogP contribution is -2.21. The lowest BCUT2D eigenvalue weighted by Gasteiger charge is -2.15. The van der Waals surface area contributed by atoms with Crippen LogP contribution in [0, 0.1) is 5.92 Å². The first-order chi connectivity index (χ1) is 9.10. The zero-order valence-electron chi connectivity index (χ0n) is 11.3. The zero-order valence-corrected chi connectivity index (χ0v) is 11.3. The van der Waals surface area contributed by atoms with Gasteiger partial charge in [-0.05, 0) is 31.9 Å². The van der Waals surface area contributed by atoms with E-state index in [1.54, 1.807) is 12.1 Å². The molecule has 2 N–H and O–H groups in total. The molecule has 1 aromatic rings. The van der Waals surface area contributed by atoms with Gasteiger partial charge in [0.25, 0.3) is 0 Å². The minimum absolute atomic E-state index is 0.251. The van der Waals surface area contributed by atoms with Gasteiger partial charge < -0.3 is 15.2 Å². The summed E-state index contributed by atoms with van der Waals surface area (Å²) >= 11 is 0. The summed E-state index contributed by atoms with van der Waals surface area (Å²) in [6.07, 6.45) is 2.01. The van der Waals surface area contributed by atoms with Crippen molar-refractivity contribution < 1.29 is 14.6 Å². The summed E-state index contributed by atoms with van der Waals surface area (Å²) in [5.74, 6) is 0.175. The fourth-order valence-electron chi connectivity index (χ4n) is 2.26. The van der Waals surface area contributed by atoms with Crippen LogP contribution in [0.5, 0.6) is 0 Å². The monoisotopic (exact) mass is 264 g/mol. The van der Waals surface area contributed by atoms with Gasteiger partial charge in [-0.25, -0.2) is 9.78 Å². The third kappa shape index (κ3) is 3.44. The molecule has 0 amide bonds. The maximum Gasteiger partial charge on any atom is 0.335 e. The SMILES string of the molecule is CCc1cc(C(=O)O)cc(NCC2CCOC2C)n1. The highest BCUT2D eigenvalue weighted by Crippen LogP contribution is 2.21. The highest BCUT2D eigenvalue weighted by molar-refractivity contribution is 5.88. The Hall–Kier alpha value is -1.62. The molecule has 2 rings (SSSR count). The highest BCUT2D eigenvalue weighted by Gasteiger charge is 2.23. The summed E-state index contributed by atoms with van der Waals surface area (Å²) in [5, 5.41) is 12.3. The van der Waals surface area contributed by atoms with Crippen LogP contribution in [0.4, 0.5) is 5.82 Å². The van der Waals surface area contributed by atoms with Gasteiger partial charge in [0.1, 0.15) is 5.82 Å². The normalized spacial score (nSPS) is 22.4. The molecule has 104 valence electrons. The van der Waals surface area contributed by atoms with Crippen molar-refractivity contribution in [1.82, 2.24) is 4.98 Å². The molecule has 1 fully saturated rings. The lowest BCUT2D eigenvalue weighted by molar-refractivity contribution is 0.0696. The van der Waals surface area contributed by atoms with E-state index in [1.807, 2.05) is 6.92 Å². The van der Waals surface area contributed by atoms with Gasteiger partial charge in [-0.15, -0.1) is 0 Å². The van der Waals surface area contributed by atoms with E-state index in [0.29, 0.717) is 11.7 Å². The number of carboxylic acids is 1. The topological polar surface area (TPSA) is 71.5 Å². The van der Waals surface area contributed by atoms with Crippen molar-refractivity contribution in [3.8, 4) is 0 Å². The average Bonchev–Trinajstić information content (AvgIpc) is 2.81. The molecule has 0 radical (unpaired) electrons. The smallest absolute Gasteiger partial charge is 0.335 e. The predicted octanol–water partition coefficient (Wildman–Crippen LogP) is 2.18. The van der Waals surface area contributed by atoms with Crippen LogP contribution in [-0.4, -0.2) is 35.3 Å². The molecule has 5 heteroatoms. The molecule has 19 heavy (non-hydrogen) atoms. The molecule has 2 unspecified atom stereocenters. The summed E-state index contributed by atoms with van der Waals surface area (Å²) in [7, 11) is 0. The summed E-state index contributed by atoms with van der Waals surface area (Å²) < 4.78 is 5.51. The number of hydrogen-bond acceptors (Lipinski definition) is 4. The van der Waals surface area contributed by atoms with E-state index in [2.05, 4.69) is 17.2 Å². The lowest BCUT2D eigenvalue weighted by atomic mass is 10.0. The fourth-order valence-corrected chi connectivity index (χ4v) is 2.26. The molecule has 1 saturated heterocycles. The van der Waals surface area contributed by atoms with E-state index in [9.17, 15) is 4.79 Å². The number of nitrogens with one attached hydrogen (secondary N) is 1. The number of carbonyl (C=O) groups is 1. The number of hydrogen-bond donors (Lipinski definition) is 2. The molecular formula is C14H20N2O3. The van der Waals surface area contributed by atoms with Crippen LogP contribution in [0.3, 0.4) is 0 Å². The number of aromatic nitrogens is 1. The average molecular weight is 264 g/mol. The third-order valence-corrected chi connectivity index (χ3v) is 3.57. The standard InChI is InChI=1S/C14H20N2O3/c1-3-12-6-11(14(17)18)7-13(16-12)15-8-10-4-5-19-9(10)2/h6-7,9-10H,3-5,8H2,1-2H3,(H,15,16)(H,17,18). The van der Waals surface area contributed by atoms with E-state index in [4.69, 9.17) is 9.84 Å². The second-order valence-electron chi connectivity index (χ2n) is 4.90. The summed E-state index contributed by atoms with van der Waals surface area (Å²) in [6.45, 7) is 5.60. The minimum atomic E-state index is -0.919. The Balaban J connectivity index is 2.06. The number of carboxylic acid groups (broad SMARTS) is 1. The van der Waals surface area contributed by atoms with E-state index in [1.165, 1.54) is 0 Å². The van der Waals surface area contributed by atoms with Crippen LogP contribution >= 0.6 is 0 Å². The molecule has 1 aliphatic heterocycles. The van der Waals surface area contributed by atoms with Crippen LogP contribution < -0.4 is 5.32 Å². The molecule has 1 aromatic heterocycles. The van der Waals surface area contributed by atoms with Gasteiger partial charge in [-0.3, -0.25) is 0 Å². The van der Waals surface area contributed by atoms with Gasteiger partial charge in [0.15, 0.2) is 0 Å². The minimum Gasteiger partial charge on any atom is -0.478 e. The quantitative estimate of drug-likeness (QED) is 0.853. The molecule has 0 bridgehead atoms. The fraction of sp³-hybridized carbons (Fsp3) is 0.571. The predicted molar refractivity (Wildman–Crippen MR) is 72.6 cm³/mol. The number of anilines is 1. The van der Waals surface area contributed by atoms with Crippen LogP contribution in [0.25, 0.3) is 0 Å². The zero-order chi connectivity index (χ0) is 13.8. The first kappa shape index (κ1) is 13.8. The van der Waals surface area contributed by atoms with Crippen molar-refractivity contribution in [3.63, 3.8) is 0 Å². The second-order valence-corrected chi connectivity index (χ2v) is 4.90. The van der Waals surface area contributed by atoms with E-state index >= 15 is 0 Å². The van der Waals surface area contributed by atoms with Crippen LogP contribution in [0.15, 0.2) is 12.1 Å². The van der Waals surface area contributed by atoms with Crippen LogP contribution in [0.2, 0.25) is 0 Å². The van der Waals surface area contributed by atoms with E-state index in [-0.39, 0.29) is 11.7 Å². The number of nitrogens with zero attached hydrogens (tertiary/aromatic N) is 1. The molecule has 0 aromatic carbocycles. The number of ether oxygens (including phenoxy) is 1. The maximum absolute atomic E-state index is 11.1. The molecule has 2 atom stereocenters. The van der Waals surface area contributed by atoms with E-state index in [0.717, 1.165) is 31.7 Å². The van der Waals surface area contributed by atoms with E-state index < -0.39 is 5.97 Å². The number of aromatic carboxylic acids is 1. The Morgan fingerprint density at radius 3 is 2.95 bits per heavy atom. The van der Waals surface area contributed by atoms with Gasteiger partial charge in [0, 0.05) is 24.8 Å². The van der Waals surface area contributed by atoms with Gasteiger partial charge in [-0.1, -0.05) is 6.92 Å². The van der Waals surface area contributed by atoms with Gasteiger partial charge in [0.2, 0.25) is 0 Å². The van der Waals surface area contributed by atoms with Crippen molar-refractivity contribution in [1.29, 1.82) is 0 Å². The number of pyridine rings is 1. The van der Waals surface area contributed by atoms with Crippen LogP contribution in [-0.2, 0) is 11.2 Å². The Morgan fingerprint density at radius 1 is 1.58 bits per heavy atom. The summed E-state index contributed by atoms with van der Waals surface area (Å²) in [4.78, 5) is 15.5.